The average Bonchev–Trinajstić information content (AvgIpc) is 2.77. The molecule has 3 atom stereocenters. The Labute approximate surface area is 179 Å². The summed E-state index contributed by atoms with van der Waals surface area (Å²) in [7, 11) is 0. The minimum Gasteiger partial charge on any atom is -0.445 e. The molecule has 3 amide bonds. The summed E-state index contributed by atoms with van der Waals surface area (Å²) in [4.78, 5) is 47.3. The summed E-state index contributed by atoms with van der Waals surface area (Å²) in [5, 5.41) is 14.8. The molecule has 0 aliphatic carbocycles. The van der Waals surface area contributed by atoms with Gasteiger partial charge in [-0.25, -0.2) is 4.79 Å². The summed E-state index contributed by atoms with van der Waals surface area (Å²) in [6.07, 6.45) is -2.42. The van der Waals surface area contributed by atoms with Crippen LogP contribution in [0.1, 0.15) is 17.5 Å². The lowest BCUT2D eigenvalue weighted by Crippen LogP contribution is -2.54. The van der Waals surface area contributed by atoms with E-state index in [1.54, 1.807) is 54.6 Å². The zero-order chi connectivity index (χ0) is 22.6. The summed E-state index contributed by atoms with van der Waals surface area (Å²) in [6.45, 7) is -0.0297. The number of hydrogen-bond donors (Lipinski definition) is 4. The van der Waals surface area contributed by atoms with Crippen molar-refractivity contribution in [3.8, 4) is 0 Å². The summed E-state index contributed by atoms with van der Waals surface area (Å²) in [6, 6.07) is 15.5. The molecule has 0 radical (unpaired) electrons. The van der Waals surface area contributed by atoms with E-state index in [0.29, 0.717) is 6.29 Å². The molecule has 0 spiro atoms. The number of amides is 3. The number of ether oxygens (including phenoxy) is 1. The van der Waals surface area contributed by atoms with E-state index in [0.717, 1.165) is 11.1 Å². The minimum absolute atomic E-state index is 0.0297. The number of aldehydes is 1. The van der Waals surface area contributed by atoms with Crippen molar-refractivity contribution in [2.24, 2.45) is 5.73 Å². The Kier molecular flexibility index (Phi) is 9.18. The second-order valence-corrected chi connectivity index (χ2v) is 6.86. The highest BCUT2D eigenvalue weighted by Gasteiger charge is 2.28. The van der Waals surface area contributed by atoms with Crippen molar-refractivity contribution >= 4 is 24.2 Å². The average molecular weight is 427 g/mol. The first-order valence-corrected chi connectivity index (χ1v) is 9.62. The van der Waals surface area contributed by atoms with Gasteiger partial charge in [0.25, 0.3) is 0 Å². The number of nitrogens with two attached hydrogens (primary N) is 1. The normalized spacial score (nSPS) is 13.3. The molecule has 2 rings (SSSR count). The highest BCUT2D eigenvalue weighted by atomic mass is 16.5. The van der Waals surface area contributed by atoms with Gasteiger partial charge in [-0.2, -0.15) is 0 Å². The van der Waals surface area contributed by atoms with Crippen LogP contribution in [0.3, 0.4) is 0 Å². The van der Waals surface area contributed by atoms with Gasteiger partial charge in [0.05, 0.1) is 12.5 Å². The third-order valence-corrected chi connectivity index (χ3v) is 4.40. The molecule has 2 unspecified atom stereocenters. The van der Waals surface area contributed by atoms with Crippen LogP contribution in [-0.4, -0.2) is 47.5 Å². The Morgan fingerprint density at radius 3 is 2.10 bits per heavy atom. The molecule has 9 heteroatoms. The predicted molar refractivity (Wildman–Crippen MR) is 112 cm³/mol. The van der Waals surface area contributed by atoms with Gasteiger partial charge in [0, 0.05) is 0 Å². The quantitative estimate of drug-likeness (QED) is 0.383. The van der Waals surface area contributed by atoms with Gasteiger partial charge in [0.15, 0.2) is 6.29 Å². The largest absolute Gasteiger partial charge is 0.445 e. The second-order valence-electron chi connectivity index (χ2n) is 6.86. The van der Waals surface area contributed by atoms with E-state index in [4.69, 9.17) is 10.5 Å². The smallest absolute Gasteiger partial charge is 0.408 e. The van der Waals surface area contributed by atoms with Crippen LogP contribution < -0.4 is 16.4 Å². The predicted octanol–water partition coefficient (Wildman–Crippen LogP) is 0.444. The van der Waals surface area contributed by atoms with Crippen molar-refractivity contribution in [1.29, 1.82) is 0 Å². The lowest BCUT2D eigenvalue weighted by Gasteiger charge is -2.24. The van der Waals surface area contributed by atoms with Gasteiger partial charge in [0.1, 0.15) is 18.8 Å². The number of carbonyl (C=O) groups is 4. The number of benzene rings is 2. The van der Waals surface area contributed by atoms with Crippen LogP contribution in [0.4, 0.5) is 4.79 Å². The summed E-state index contributed by atoms with van der Waals surface area (Å²) in [5.41, 5.74) is 6.71. The summed E-state index contributed by atoms with van der Waals surface area (Å²) >= 11 is 0. The topological polar surface area (TPSA) is 148 Å². The SMILES string of the molecule is NC(=O)C[C@@H](NC(=O)OCc1ccccc1)C(=O)NC(Cc1ccccc1)C(O)C=O. The molecule has 31 heavy (non-hydrogen) atoms. The highest BCUT2D eigenvalue weighted by Crippen LogP contribution is 2.07. The zero-order valence-electron chi connectivity index (χ0n) is 16.8. The molecule has 0 heterocycles. The Balaban J connectivity index is 2.02. The van der Waals surface area contributed by atoms with Gasteiger partial charge in [-0.3, -0.25) is 9.59 Å². The van der Waals surface area contributed by atoms with E-state index in [9.17, 15) is 24.3 Å². The van der Waals surface area contributed by atoms with Crippen molar-refractivity contribution in [2.45, 2.75) is 37.6 Å². The van der Waals surface area contributed by atoms with E-state index in [1.165, 1.54) is 0 Å². The fourth-order valence-corrected chi connectivity index (χ4v) is 2.82. The van der Waals surface area contributed by atoms with Gasteiger partial charge in [0.2, 0.25) is 11.8 Å². The van der Waals surface area contributed by atoms with Crippen LogP contribution in [-0.2, 0) is 32.1 Å². The lowest BCUT2D eigenvalue weighted by molar-refractivity contribution is -0.129. The molecule has 0 aliphatic heterocycles. The number of primary amides is 1. The van der Waals surface area contributed by atoms with Gasteiger partial charge < -0.3 is 31.0 Å². The molecule has 164 valence electrons. The number of rotatable bonds is 11. The Morgan fingerprint density at radius 2 is 1.55 bits per heavy atom. The second kappa shape index (κ2) is 12.1. The van der Waals surface area contributed by atoms with Gasteiger partial charge in [-0.05, 0) is 17.5 Å². The third-order valence-electron chi connectivity index (χ3n) is 4.40. The molecular weight excluding hydrogens is 402 g/mol. The number of aliphatic hydroxyl groups is 1. The number of alkyl carbamates (subject to hydrolysis) is 1. The standard InChI is InChI=1S/C22H25N3O6/c23-20(28)12-18(25-22(30)31-14-16-9-5-2-6-10-16)21(29)24-17(19(27)13-26)11-15-7-3-1-4-8-15/h1-10,13,17-19,27H,11-12,14H2,(H2,23,28)(H,24,29)(H,25,30)/t17?,18-,19?/m1/s1. The first-order valence-electron chi connectivity index (χ1n) is 9.62. The fraction of sp³-hybridized carbons (Fsp3) is 0.273. The first-order chi connectivity index (χ1) is 14.9. The van der Waals surface area contributed by atoms with E-state index < -0.39 is 42.5 Å². The van der Waals surface area contributed by atoms with Crippen LogP contribution in [0.15, 0.2) is 60.7 Å². The maximum Gasteiger partial charge on any atom is 0.408 e. The molecule has 0 bridgehead atoms. The molecule has 0 aliphatic rings. The minimum atomic E-state index is -1.48. The van der Waals surface area contributed by atoms with Crippen molar-refractivity contribution in [3.63, 3.8) is 0 Å². The van der Waals surface area contributed by atoms with Crippen molar-refractivity contribution in [1.82, 2.24) is 10.6 Å². The van der Waals surface area contributed by atoms with Crippen molar-refractivity contribution < 1.29 is 29.0 Å². The molecular formula is C22H25N3O6. The molecule has 9 nitrogen and oxygen atoms in total. The zero-order valence-corrected chi connectivity index (χ0v) is 16.8. The Morgan fingerprint density at radius 1 is 0.968 bits per heavy atom. The number of carbonyl (C=O) groups excluding carboxylic acids is 4. The maximum absolute atomic E-state index is 12.7. The van der Waals surface area contributed by atoms with E-state index in [2.05, 4.69) is 10.6 Å². The van der Waals surface area contributed by atoms with Crippen LogP contribution >= 0.6 is 0 Å². The molecule has 0 aromatic heterocycles. The van der Waals surface area contributed by atoms with Gasteiger partial charge >= 0.3 is 6.09 Å². The lowest BCUT2D eigenvalue weighted by atomic mass is 10.0. The number of aliphatic hydroxyl groups excluding tert-OH is 1. The van der Waals surface area contributed by atoms with E-state index in [-0.39, 0.29) is 13.0 Å². The summed E-state index contributed by atoms with van der Waals surface area (Å²) < 4.78 is 5.07. The fourth-order valence-electron chi connectivity index (χ4n) is 2.82. The molecule has 5 N–H and O–H groups in total. The number of hydrogen-bond acceptors (Lipinski definition) is 6. The van der Waals surface area contributed by atoms with Crippen LogP contribution in [0.5, 0.6) is 0 Å². The molecule has 0 fully saturated rings. The van der Waals surface area contributed by atoms with Crippen LogP contribution in [0, 0.1) is 0 Å². The number of nitrogens with one attached hydrogen (secondary N) is 2. The van der Waals surface area contributed by atoms with Crippen LogP contribution in [0.2, 0.25) is 0 Å². The molecule has 0 saturated carbocycles. The van der Waals surface area contributed by atoms with Crippen LogP contribution in [0.25, 0.3) is 0 Å². The molecule has 2 aromatic carbocycles. The van der Waals surface area contributed by atoms with Crippen molar-refractivity contribution in [3.05, 3.63) is 71.8 Å². The molecule has 0 saturated heterocycles. The maximum atomic E-state index is 12.7. The van der Waals surface area contributed by atoms with E-state index >= 15 is 0 Å². The highest BCUT2D eigenvalue weighted by molar-refractivity contribution is 5.90. The van der Waals surface area contributed by atoms with E-state index in [1.807, 2.05) is 6.07 Å². The third kappa shape index (κ3) is 8.27. The van der Waals surface area contributed by atoms with Crippen molar-refractivity contribution in [2.75, 3.05) is 0 Å². The van der Waals surface area contributed by atoms with Gasteiger partial charge in [-0.1, -0.05) is 60.7 Å². The Hall–Kier alpha value is -3.72. The monoisotopic (exact) mass is 427 g/mol. The first kappa shape index (κ1) is 23.6. The Bertz CT molecular complexity index is 875. The summed E-state index contributed by atoms with van der Waals surface area (Å²) in [5.74, 6) is -1.60. The van der Waals surface area contributed by atoms with Gasteiger partial charge in [-0.15, -0.1) is 0 Å². The molecule has 2 aromatic rings.